The lowest BCUT2D eigenvalue weighted by Crippen LogP contribution is -2.10. The van der Waals surface area contributed by atoms with Crippen LogP contribution in [0.2, 0.25) is 0 Å². The molecule has 0 fully saturated rings. The first-order valence-electron chi connectivity index (χ1n) is 6.61. The summed E-state index contributed by atoms with van der Waals surface area (Å²) in [7, 11) is 1.62. The first-order chi connectivity index (χ1) is 9.74. The van der Waals surface area contributed by atoms with E-state index in [2.05, 4.69) is 30.4 Å². The molecule has 20 heavy (non-hydrogen) atoms. The Labute approximate surface area is 119 Å². The maximum Gasteiger partial charge on any atom is 0.121 e. The van der Waals surface area contributed by atoms with Crippen molar-refractivity contribution in [2.75, 3.05) is 19.0 Å². The molecular formula is C17H18N2O. The van der Waals surface area contributed by atoms with Crippen LogP contribution >= 0.6 is 0 Å². The summed E-state index contributed by atoms with van der Waals surface area (Å²) in [5.74, 6) is 1.12. The van der Waals surface area contributed by atoms with Crippen LogP contribution in [0.15, 0.2) is 48.5 Å². The van der Waals surface area contributed by atoms with Gasteiger partial charge in [-0.05, 0) is 23.6 Å². The van der Waals surface area contributed by atoms with Gasteiger partial charge < -0.3 is 10.1 Å². The number of ether oxygens (including phenoxy) is 1. The molecule has 0 aliphatic heterocycles. The van der Waals surface area contributed by atoms with Crippen molar-refractivity contribution in [1.29, 1.82) is 5.26 Å². The van der Waals surface area contributed by atoms with E-state index in [0.29, 0.717) is 11.5 Å². The highest BCUT2D eigenvalue weighted by atomic mass is 16.5. The third-order valence-corrected chi connectivity index (χ3v) is 3.31. The molecule has 1 unspecified atom stereocenters. The largest absolute Gasteiger partial charge is 0.497 e. The smallest absolute Gasteiger partial charge is 0.121 e. The second-order valence-corrected chi connectivity index (χ2v) is 4.72. The molecule has 0 saturated carbocycles. The van der Waals surface area contributed by atoms with E-state index in [4.69, 9.17) is 10.00 Å². The van der Waals surface area contributed by atoms with Crippen LogP contribution < -0.4 is 10.1 Å². The summed E-state index contributed by atoms with van der Waals surface area (Å²) in [6.07, 6.45) is 0. The van der Waals surface area contributed by atoms with Crippen molar-refractivity contribution in [2.45, 2.75) is 12.8 Å². The van der Waals surface area contributed by atoms with Crippen LogP contribution in [0.25, 0.3) is 0 Å². The summed E-state index contributed by atoms with van der Waals surface area (Å²) in [6, 6.07) is 17.9. The summed E-state index contributed by atoms with van der Waals surface area (Å²) in [6.45, 7) is 2.93. The van der Waals surface area contributed by atoms with Crippen LogP contribution in [0.4, 0.5) is 5.69 Å². The Hall–Kier alpha value is -2.47. The number of anilines is 1. The molecule has 0 heterocycles. The molecule has 0 spiro atoms. The maximum atomic E-state index is 9.13. The van der Waals surface area contributed by atoms with Crippen molar-refractivity contribution >= 4 is 5.69 Å². The van der Waals surface area contributed by atoms with Crippen LogP contribution in [-0.2, 0) is 0 Å². The molecule has 0 saturated heterocycles. The van der Waals surface area contributed by atoms with Crippen molar-refractivity contribution in [3.63, 3.8) is 0 Å². The summed E-state index contributed by atoms with van der Waals surface area (Å²) in [4.78, 5) is 0. The molecule has 2 aromatic rings. The average molecular weight is 266 g/mol. The molecule has 2 rings (SSSR count). The van der Waals surface area contributed by atoms with Gasteiger partial charge >= 0.3 is 0 Å². The summed E-state index contributed by atoms with van der Waals surface area (Å²) < 4.78 is 5.20. The van der Waals surface area contributed by atoms with Gasteiger partial charge in [0, 0.05) is 12.6 Å². The van der Waals surface area contributed by atoms with Crippen LogP contribution in [0.5, 0.6) is 5.75 Å². The monoisotopic (exact) mass is 266 g/mol. The number of nitrogens with one attached hydrogen (secondary N) is 1. The zero-order valence-electron chi connectivity index (χ0n) is 11.8. The lowest BCUT2D eigenvalue weighted by molar-refractivity contribution is 0.415. The summed E-state index contributed by atoms with van der Waals surface area (Å²) in [5.41, 5.74) is 2.72. The molecule has 102 valence electrons. The van der Waals surface area contributed by atoms with Crippen LogP contribution in [-0.4, -0.2) is 13.7 Å². The molecule has 0 radical (unpaired) electrons. The Balaban J connectivity index is 2.09. The Bertz CT molecular complexity index is 602. The molecule has 2 aromatic carbocycles. The lowest BCUT2D eigenvalue weighted by atomic mass is 10.0. The van der Waals surface area contributed by atoms with E-state index in [0.717, 1.165) is 18.0 Å². The Morgan fingerprint density at radius 2 is 1.95 bits per heavy atom. The SMILES string of the molecule is COc1ccc(C#N)c(NCC(C)c2ccccc2)c1. The minimum atomic E-state index is 0.369. The fourth-order valence-corrected chi connectivity index (χ4v) is 2.06. The van der Waals surface area contributed by atoms with Gasteiger partial charge in [0.1, 0.15) is 11.8 Å². The van der Waals surface area contributed by atoms with Gasteiger partial charge in [0.25, 0.3) is 0 Å². The second-order valence-electron chi connectivity index (χ2n) is 4.72. The minimum absolute atomic E-state index is 0.369. The van der Waals surface area contributed by atoms with Gasteiger partial charge in [-0.1, -0.05) is 37.3 Å². The van der Waals surface area contributed by atoms with E-state index >= 15 is 0 Å². The van der Waals surface area contributed by atoms with Gasteiger partial charge in [-0.25, -0.2) is 0 Å². The van der Waals surface area contributed by atoms with Crippen LogP contribution in [0.1, 0.15) is 24.0 Å². The third kappa shape index (κ3) is 3.30. The van der Waals surface area contributed by atoms with Crippen molar-refractivity contribution in [1.82, 2.24) is 0 Å². The van der Waals surface area contributed by atoms with Crippen molar-refractivity contribution in [3.05, 3.63) is 59.7 Å². The standard InChI is InChI=1S/C17H18N2O/c1-13(14-6-4-3-5-7-14)12-19-17-10-16(20-2)9-8-15(17)11-18/h3-10,13,19H,12H2,1-2H3. The Kier molecular flexibility index (Phi) is 4.62. The second kappa shape index (κ2) is 6.63. The van der Waals surface area contributed by atoms with E-state index in [9.17, 15) is 0 Å². The molecule has 0 aliphatic carbocycles. The molecule has 3 nitrogen and oxygen atoms in total. The number of rotatable bonds is 5. The van der Waals surface area contributed by atoms with Gasteiger partial charge in [-0.2, -0.15) is 5.26 Å². The molecular weight excluding hydrogens is 248 g/mol. The van der Waals surface area contributed by atoms with E-state index < -0.39 is 0 Å². The number of nitriles is 1. The fourth-order valence-electron chi connectivity index (χ4n) is 2.06. The normalized spacial score (nSPS) is 11.4. The van der Waals surface area contributed by atoms with Crippen LogP contribution in [0, 0.1) is 11.3 Å². The van der Waals surface area contributed by atoms with Crippen LogP contribution in [0.3, 0.4) is 0 Å². The highest BCUT2D eigenvalue weighted by molar-refractivity contribution is 5.60. The molecule has 1 atom stereocenters. The van der Waals surface area contributed by atoms with Crippen molar-refractivity contribution < 1.29 is 4.74 Å². The molecule has 3 heteroatoms. The Morgan fingerprint density at radius 3 is 2.60 bits per heavy atom. The predicted octanol–water partition coefficient (Wildman–Crippen LogP) is 3.78. The Morgan fingerprint density at radius 1 is 1.20 bits per heavy atom. The van der Waals surface area contributed by atoms with Gasteiger partial charge in [0.05, 0.1) is 18.4 Å². The predicted molar refractivity (Wildman–Crippen MR) is 81.1 cm³/mol. The van der Waals surface area contributed by atoms with Gasteiger partial charge in [-0.3, -0.25) is 0 Å². The topological polar surface area (TPSA) is 45.0 Å². The van der Waals surface area contributed by atoms with Gasteiger partial charge in [-0.15, -0.1) is 0 Å². The van der Waals surface area contributed by atoms with Crippen molar-refractivity contribution in [3.8, 4) is 11.8 Å². The third-order valence-electron chi connectivity index (χ3n) is 3.31. The maximum absolute atomic E-state index is 9.13. The molecule has 0 aromatic heterocycles. The first kappa shape index (κ1) is 14.0. The zero-order valence-corrected chi connectivity index (χ0v) is 11.8. The fraction of sp³-hybridized carbons (Fsp3) is 0.235. The number of hydrogen-bond acceptors (Lipinski definition) is 3. The van der Waals surface area contributed by atoms with Gasteiger partial charge in [0.2, 0.25) is 0 Å². The highest BCUT2D eigenvalue weighted by Crippen LogP contribution is 2.23. The first-order valence-corrected chi connectivity index (χ1v) is 6.61. The molecule has 0 amide bonds. The highest BCUT2D eigenvalue weighted by Gasteiger charge is 2.08. The zero-order chi connectivity index (χ0) is 14.4. The summed E-state index contributed by atoms with van der Waals surface area (Å²) >= 11 is 0. The summed E-state index contributed by atoms with van der Waals surface area (Å²) in [5, 5.41) is 12.5. The van der Waals surface area contributed by atoms with Crippen molar-refractivity contribution in [2.24, 2.45) is 0 Å². The lowest BCUT2D eigenvalue weighted by Gasteiger charge is -2.15. The molecule has 1 N–H and O–H groups in total. The molecule has 0 bridgehead atoms. The number of methoxy groups -OCH3 is 1. The molecule has 0 aliphatic rings. The minimum Gasteiger partial charge on any atom is -0.497 e. The number of nitrogens with zero attached hydrogens (tertiary/aromatic N) is 1. The van der Waals surface area contributed by atoms with E-state index in [1.54, 1.807) is 19.2 Å². The quantitative estimate of drug-likeness (QED) is 0.895. The van der Waals surface area contributed by atoms with E-state index in [-0.39, 0.29) is 0 Å². The average Bonchev–Trinajstić information content (AvgIpc) is 2.53. The van der Waals surface area contributed by atoms with E-state index in [1.165, 1.54) is 5.56 Å². The number of hydrogen-bond donors (Lipinski definition) is 1. The van der Waals surface area contributed by atoms with E-state index in [1.807, 2.05) is 24.3 Å². The van der Waals surface area contributed by atoms with Gasteiger partial charge in [0.15, 0.2) is 0 Å². The number of benzene rings is 2.